The highest BCUT2D eigenvalue weighted by Crippen LogP contribution is 2.23. The monoisotopic (exact) mass is 379 g/mol. The number of nitrogens with one attached hydrogen (secondary N) is 1. The van der Waals surface area contributed by atoms with E-state index in [9.17, 15) is 4.79 Å². The molecular formula is C10H7Br2NOS2. The van der Waals surface area contributed by atoms with Gasteiger partial charge in [0.2, 0.25) is 0 Å². The van der Waals surface area contributed by atoms with Crippen molar-refractivity contribution in [1.29, 1.82) is 0 Å². The molecule has 0 fully saturated rings. The summed E-state index contributed by atoms with van der Waals surface area (Å²) in [6, 6.07) is 3.88. The van der Waals surface area contributed by atoms with Crippen LogP contribution in [-0.4, -0.2) is 5.91 Å². The molecule has 2 aromatic heterocycles. The van der Waals surface area contributed by atoms with E-state index in [2.05, 4.69) is 37.2 Å². The van der Waals surface area contributed by atoms with E-state index in [-0.39, 0.29) is 5.91 Å². The molecule has 0 saturated carbocycles. The van der Waals surface area contributed by atoms with Crippen LogP contribution in [0.3, 0.4) is 0 Å². The molecule has 0 unspecified atom stereocenters. The summed E-state index contributed by atoms with van der Waals surface area (Å²) in [7, 11) is 0. The van der Waals surface area contributed by atoms with Crippen molar-refractivity contribution in [2.45, 2.75) is 6.54 Å². The van der Waals surface area contributed by atoms with Crippen LogP contribution in [0.1, 0.15) is 14.5 Å². The molecule has 0 spiro atoms. The Hall–Kier alpha value is -0.170. The second-order valence-electron chi connectivity index (χ2n) is 3.01. The maximum atomic E-state index is 11.8. The molecular weight excluding hydrogens is 374 g/mol. The van der Waals surface area contributed by atoms with Gasteiger partial charge in [-0.3, -0.25) is 4.79 Å². The highest BCUT2D eigenvalue weighted by atomic mass is 79.9. The average molecular weight is 381 g/mol. The number of halogens is 2. The van der Waals surface area contributed by atoms with Crippen LogP contribution in [0.4, 0.5) is 0 Å². The van der Waals surface area contributed by atoms with Crippen LogP contribution in [0.5, 0.6) is 0 Å². The third-order valence-electron chi connectivity index (χ3n) is 1.87. The molecule has 6 heteroatoms. The van der Waals surface area contributed by atoms with E-state index in [0.717, 1.165) is 18.7 Å². The Balaban J connectivity index is 1.96. The predicted octanol–water partition coefficient (Wildman–Crippen LogP) is 4.26. The largest absolute Gasteiger partial charge is 0.346 e. The van der Waals surface area contributed by atoms with Gasteiger partial charge in [0.1, 0.15) is 4.88 Å². The summed E-state index contributed by atoms with van der Waals surface area (Å²) in [6.07, 6.45) is 0. The number of rotatable bonds is 3. The van der Waals surface area contributed by atoms with E-state index in [1.165, 1.54) is 11.3 Å². The lowest BCUT2D eigenvalue weighted by molar-refractivity contribution is 0.0954. The van der Waals surface area contributed by atoms with Crippen molar-refractivity contribution in [2.75, 3.05) is 0 Å². The first-order chi connectivity index (χ1) is 7.66. The Morgan fingerprint density at radius 1 is 1.38 bits per heavy atom. The maximum Gasteiger partial charge on any atom is 0.262 e. The summed E-state index contributed by atoms with van der Waals surface area (Å²) in [4.78, 5) is 13.6. The lowest BCUT2D eigenvalue weighted by atomic mass is 10.4. The molecule has 0 aromatic carbocycles. The first-order valence-electron chi connectivity index (χ1n) is 4.41. The fourth-order valence-electron chi connectivity index (χ4n) is 1.15. The minimum Gasteiger partial charge on any atom is -0.346 e. The second kappa shape index (κ2) is 5.44. The lowest BCUT2D eigenvalue weighted by Gasteiger charge is -2.01. The van der Waals surface area contributed by atoms with Gasteiger partial charge in [-0.25, -0.2) is 0 Å². The van der Waals surface area contributed by atoms with Gasteiger partial charge < -0.3 is 5.32 Å². The Bertz CT molecular complexity index is 506. The zero-order chi connectivity index (χ0) is 11.5. The van der Waals surface area contributed by atoms with Crippen molar-refractivity contribution in [1.82, 2.24) is 5.32 Å². The third kappa shape index (κ3) is 2.94. The van der Waals surface area contributed by atoms with Gasteiger partial charge in [0.15, 0.2) is 0 Å². The molecule has 16 heavy (non-hydrogen) atoms. The minimum absolute atomic E-state index is 0.0357. The van der Waals surface area contributed by atoms with Crippen molar-refractivity contribution < 1.29 is 4.79 Å². The molecule has 0 aliphatic heterocycles. The number of thiophene rings is 2. The van der Waals surface area contributed by atoms with E-state index in [1.54, 1.807) is 11.3 Å². The molecule has 0 aliphatic rings. The summed E-state index contributed by atoms with van der Waals surface area (Å²) in [5.74, 6) is -0.0357. The van der Waals surface area contributed by atoms with E-state index < -0.39 is 0 Å². The SMILES string of the molecule is O=C(NCc1cc(Br)cs1)c1sccc1Br. The molecule has 0 saturated heterocycles. The predicted molar refractivity (Wildman–Crippen MR) is 75.2 cm³/mol. The summed E-state index contributed by atoms with van der Waals surface area (Å²) < 4.78 is 1.90. The third-order valence-corrected chi connectivity index (χ3v) is 5.40. The van der Waals surface area contributed by atoms with Crippen LogP contribution >= 0.6 is 54.5 Å². The number of hydrogen-bond acceptors (Lipinski definition) is 3. The molecule has 2 aromatic rings. The van der Waals surface area contributed by atoms with Gasteiger partial charge in [0.25, 0.3) is 5.91 Å². The van der Waals surface area contributed by atoms with Gasteiger partial charge in [-0.15, -0.1) is 22.7 Å². The number of amides is 1. The Kier molecular flexibility index (Phi) is 4.18. The van der Waals surface area contributed by atoms with E-state index in [4.69, 9.17) is 0 Å². The van der Waals surface area contributed by atoms with Gasteiger partial charge in [-0.05, 0) is 49.4 Å². The highest BCUT2D eigenvalue weighted by molar-refractivity contribution is 9.10. The standard InChI is InChI=1S/C10H7Br2NOS2/c11-6-3-7(16-5-6)4-13-10(14)9-8(12)1-2-15-9/h1-3,5H,4H2,(H,13,14). The Morgan fingerprint density at radius 2 is 2.19 bits per heavy atom. The normalized spacial score (nSPS) is 10.4. The number of hydrogen-bond donors (Lipinski definition) is 1. The maximum absolute atomic E-state index is 11.8. The zero-order valence-corrected chi connectivity index (χ0v) is 12.8. The van der Waals surface area contributed by atoms with Crippen molar-refractivity contribution in [3.63, 3.8) is 0 Å². The summed E-state index contributed by atoms with van der Waals surface area (Å²) in [6.45, 7) is 0.569. The van der Waals surface area contributed by atoms with Gasteiger partial charge >= 0.3 is 0 Å². The first-order valence-corrected chi connectivity index (χ1v) is 7.75. The van der Waals surface area contributed by atoms with Crippen LogP contribution in [0, 0.1) is 0 Å². The van der Waals surface area contributed by atoms with Gasteiger partial charge in [-0.2, -0.15) is 0 Å². The topological polar surface area (TPSA) is 29.1 Å². The molecule has 0 bridgehead atoms. The fourth-order valence-corrected chi connectivity index (χ4v) is 4.01. The number of carbonyl (C=O) groups excluding carboxylic acids is 1. The molecule has 0 atom stereocenters. The van der Waals surface area contributed by atoms with Crippen molar-refractivity contribution >= 4 is 60.4 Å². The molecule has 0 aliphatic carbocycles. The smallest absolute Gasteiger partial charge is 0.262 e. The summed E-state index contributed by atoms with van der Waals surface area (Å²) in [5, 5.41) is 6.78. The summed E-state index contributed by atoms with van der Waals surface area (Å²) in [5.41, 5.74) is 0. The Labute approximate surface area is 118 Å². The van der Waals surface area contributed by atoms with Crippen molar-refractivity contribution in [2.24, 2.45) is 0 Å². The molecule has 2 heterocycles. The van der Waals surface area contributed by atoms with Crippen LogP contribution in [0.2, 0.25) is 0 Å². The van der Waals surface area contributed by atoms with Crippen molar-refractivity contribution in [3.8, 4) is 0 Å². The number of carbonyl (C=O) groups is 1. The van der Waals surface area contributed by atoms with Crippen molar-refractivity contribution in [3.05, 3.63) is 41.6 Å². The average Bonchev–Trinajstić information content (AvgIpc) is 2.84. The van der Waals surface area contributed by atoms with Gasteiger partial charge in [-0.1, -0.05) is 0 Å². The van der Waals surface area contributed by atoms with Gasteiger partial charge in [0, 0.05) is 19.2 Å². The molecule has 84 valence electrons. The zero-order valence-electron chi connectivity index (χ0n) is 8.00. The van der Waals surface area contributed by atoms with E-state index >= 15 is 0 Å². The van der Waals surface area contributed by atoms with Crippen LogP contribution in [0.15, 0.2) is 31.8 Å². The summed E-state index contributed by atoms with van der Waals surface area (Å²) >= 11 is 9.78. The van der Waals surface area contributed by atoms with Gasteiger partial charge in [0.05, 0.1) is 6.54 Å². The highest BCUT2D eigenvalue weighted by Gasteiger charge is 2.11. The first kappa shape index (κ1) is 12.3. The van der Waals surface area contributed by atoms with Crippen LogP contribution in [0.25, 0.3) is 0 Å². The van der Waals surface area contributed by atoms with Crippen LogP contribution in [-0.2, 0) is 6.54 Å². The lowest BCUT2D eigenvalue weighted by Crippen LogP contribution is -2.21. The van der Waals surface area contributed by atoms with Crippen LogP contribution < -0.4 is 5.32 Å². The van der Waals surface area contributed by atoms with E-state index in [0.29, 0.717) is 6.54 Å². The fraction of sp³-hybridized carbons (Fsp3) is 0.100. The molecule has 1 amide bonds. The molecule has 1 N–H and O–H groups in total. The molecule has 0 radical (unpaired) electrons. The van der Waals surface area contributed by atoms with E-state index in [1.807, 2.05) is 22.9 Å². The molecule has 2 nitrogen and oxygen atoms in total. The quantitative estimate of drug-likeness (QED) is 0.846. The minimum atomic E-state index is -0.0357. The second-order valence-corrected chi connectivity index (χ2v) is 6.69. The Morgan fingerprint density at radius 3 is 2.75 bits per heavy atom. The molecule has 2 rings (SSSR count).